The summed E-state index contributed by atoms with van der Waals surface area (Å²) >= 11 is 0. The minimum absolute atomic E-state index is 0. The van der Waals surface area contributed by atoms with Crippen molar-refractivity contribution in [2.75, 3.05) is 25.5 Å². The van der Waals surface area contributed by atoms with E-state index in [-0.39, 0.29) is 18.3 Å². The lowest BCUT2D eigenvalue weighted by Gasteiger charge is -2.11. The number of hydrogen-bond acceptors (Lipinski definition) is 3. The van der Waals surface area contributed by atoms with Gasteiger partial charge in [-0.15, -0.1) is 12.4 Å². The molecule has 2 aromatic carbocycles. The van der Waals surface area contributed by atoms with E-state index in [1.165, 1.54) is 6.42 Å². The Labute approximate surface area is 155 Å². The Morgan fingerprint density at radius 3 is 2.84 bits per heavy atom. The molecule has 3 rings (SSSR count). The van der Waals surface area contributed by atoms with Gasteiger partial charge in [0, 0.05) is 17.7 Å². The molecule has 4 nitrogen and oxygen atoms in total. The minimum atomic E-state index is 0. The van der Waals surface area contributed by atoms with E-state index >= 15 is 0 Å². The molecule has 2 aromatic rings. The SMILES string of the molecule is COc1ccccc1-c1cccc(NC(=O)CCC2CCNC2)c1.Cl. The maximum absolute atomic E-state index is 12.2. The van der Waals surface area contributed by atoms with Gasteiger partial charge >= 0.3 is 0 Å². The zero-order chi connectivity index (χ0) is 16.8. The number of amides is 1. The number of methoxy groups -OCH3 is 1. The van der Waals surface area contributed by atoms with Gasteiger partial charge in [0.2, 0.25) is 5.91 Å². The van der Waals surface area contributed by atoms with Gasteiger partial charge in [0.15, 0.2) is 0 Å². The van der Waals surface area contributed by atoms with Gasteiger partial charge in [-0.05, 0) is 55.6 Å². The number of benzene rings is 2. The molecule has 25 heavy (non-hydrogen) atoms. The van der Waals surface area contributed by atoms with Crippen LogP contribution in [0.5, 0.6) is 5.75 Å². The average molecular weight is 361 g/mol. The van der Waals surface area contributed by atoms with Crippen molar-refractivity contribution in [1.82, 2.24) is 5.32 Å². The van der Waals surface area contributed by atoms with Crippen LogP contribution in [0.2, 0.25) is 0 Å². The molecular weight excluding hydrogens is 336 g/mol. The van der Waals surface area contributed by atoms with Crippen molar-refractivity contribution in [1.29, 1.82) is 0 Å². The molecule has 1 aliphatic heterocycles. The molecule has 1 atom stereocenters. The van der Waals surface area contributed by atoms with Crippen molar-refractivity contribution in [2.45, 2.75) is 19.3 Å². The maximum atomic E-state index is 12.2. The standard InChI is InChI=1S/C20H24N2O2.ClH/c1-24-19-8-3-2-7-18(19)16-5-4-6-17(13-16)22-20(23)10-9-15-11-12-21-14-15;/h2-8,13,15,21H,9-12,14H2,1H3,(H,22,23);1H. The van der Waals surface area contributed by atoms with E-state index < -0.39 is 0 Å². The Morgan fingerprint density at radius 2 is 2.08 bits per heavy atom. The Morgan fingerprint density at radius 1 is 1.24 bits per heavy atom. The third-order valence-electron chi connectivity index (χ3n) is 4.51. The van der Waals surface area contributed by atoms with E-state index in [1.807, 2.05) is 48.5 Å². The van der Waals surface area contributed by atoms with E-state index in [4.69, 9.17) is 4.74 Å². The minimum Gasteiger partial charge on any atom is -0.496 e. The zero-order valence-electron chi connectivity index (χ0n) is 14.5. The van der Waals surface area contributed by atoms with E-state index in [0.29, 0.717) is 12.3 Å². The Hall–Kier alpha value is -2.04. The highest BCUT2D eigenvalue weighted by molar-refractivity contribution is 5.91. The first-order chi connectivity index (χ1) is 11.8. The lowest BCUT2D eigenvalue weighted by molar-refractivity contribution is -0.116. The van der Waals surface area contributed by atoms with Crippen molar-refractivity contribution in [2.24, 2.45) is 5.92 Å². The van der Waals surface area contributed by atoms with Crippen LogP contribution in [0.3, 0.4) is 0 Å². The van der Waals surface area contributed by atoms with Crippen molar-refractivity contribution in [3.63, 3.8) is 0 Å². The molecule has 2 N–H and O–H groups in total. The van der Waals surface area contributed by atoms with Gasteiger partial charge in [0.1, 0.15) is 5.75 Å². The van der Waals surface area contributed by atoms with Crippen molar-refractivity contribution in [3.05, 3.63) is 48.5 Å². The lowest BCUT2D eigenvalue weighted by atomic mass is 10.0. The summed E-state index contributed by atoms with van der Waals surface area (Å²) in [5.74, 6) is 1.55. The summed E-state index contributed by atoms with van der Waals surface area (Å²) in [6.07, 6.45) is 2.70. The van der Waals surface area contributed by atoms with Gasteiger partial charge in [-0.3, -0.25) is 4.79 Å². The third kappa shape index (κ3) is 5.21. The molecule has 5 heteroatoms. The fraction of sp³-hybridized carbons (Fsp3) is 0.350. The van der Waals surface area contributed by atoms with Gasteiger partial charge < -0.3 is 15.4 Å². The van der Waals surface area contributed by atoms with Gasteiger partial charge in [0.05, 0.1) is 7.11 Å². The number of hydrogen-bond donors (Lipinski definition) is 2. The summed E-state index contributed by atoms with van der Waals surface area (Å²) in [5.41, 5.74) is 2.88. The molecule has 1 unspecified atom stereocenters. The molecule has 1 aliphatic rings. The van der Waals surface area contributed by atoms with Crippen LogP contribution in [0.4, 0.5) is 5.69 Å². The molecule has 0 saturated carbocycles. The summed E-state index contributed by atoms with van der Waals surface area (Å²) in [5, 5.41) is 6.35. The highest BCUT2D eigenvalue weighted by Crippen LogP contribution is 2.31. The molecule has 1 amide bonds. The first kappa shape index (κ1) is 19.3. The second-order valence-electron chi connectivity index (χ2n) is 6.23. The predicted octanol–water partition coefficient (Wildman–Crippen LogP) is 4.11. The van der Waals surface area contributed by atoms with Crippen LogP contribution in [0.1, 0.15) is 19.3 Å². The molecule has 0 spiro atoms. The van der Waals surface area contributed by atoms with Gasteiger partial charge in [-0.25, -0.2) is 0 Å². The lowest BCUT2D eigenvalue weighted by Crippen LogP contribution is -2.15. The number of carbonyl (C=O) groups is 1. The number of para-hydroxylation sites is 1. The summed E-state index contributed by atoms with van der Waals surface area (Å²) in [6, 6.07) is 15.8. The number of ether oxygens (including phenoxy) is 1. The fourth-order valence-electron chi connectivity index (χ4n) is 3.17. The second-order valence-corrected chi connectivity index (χ2v) is 6.23. The largest absolute Gasteiger partial charge is 0.496 e. The van der Waals surface area contributed by atoms with Gasteiger partial charge in [-0.2, -0.15) is 0 Å². The Balaban J connectivity index is 0.00000225. The highest BCUT2D eigenvalue weighted by atomic mass is 35.5. The van der Waals surface area contributed by atoms with Crippen LogP contribution >= 0.6 is 12.4 Å². The van der Waals surface area contributed by atoms with Crippen LogP contribution in [0.25, 0.3) is 11.1 Å². The maximum Gasteiger partial charge on any atom is 0.224 e. The molecule has 134 valence electrons. The molecule has 1 saturated heterocycles. The quantitative estimate of drug-likeness (QED) is 0.815. The Kier molecular flexibility index (Phi) is 7.29. The van der Waals surface area contributed by atoms with E-state index in [2.05, 4.69) is 10.6 Å². The summed E-state index contributed by atoms with van der Waals surface area (Å²) in [6.45, 7) is 2.11. The first-order valence-corrected chi connectivity index (χ1v) is 8.50. The van der Waals surface area contributed by atoms with Gasteiger partial charge in [0.25, 0.3) is 0 Å². The number of halogens is 1. The molecular formula is C20H25ClN2O2. The first-order valence-electron chi connectivity index (χ1n) is 8.50. The Bertz CT molecular complexity index is 700. The average Bonchev–Trinajstić information content (AvgIpc) is 3.14. The monoisotopic (exact) mass is 360 g/mol. The van der Waals surface area contributed by atoms with E-state index in [0.717, 1.165) is 42.1 Å². The van der Waals surface area contributed by atoms with Crippen LogP contribution in [-0.2, 0) is 4.79 Å². The normalized spacial score (nSPS) is 16.1. The van der Waals surface area contributed by atoms with Crippen LogP contribution in [-0.4, -0.2) is 26.1 Å². The number of rotatable bonds is 6. The molecule has 0 bridgehead atoms. The number of nitrogens with one attached hydrogen (secondary N) is 2. The topological polar surface area (TPSA) is 50.4 Å². The van der Waals surface area contributed by atoms with E-state index in [9.17, 15) is 4.79 Å². The van der Waals surface area contributed by atoms with Crippen LogP contribution < -0.4 is 15.4 Å². The van der Waals surface area contributed by atoms with E-state index in [1.54, 1.807) is 7.11 Å². The predicted molar refractivity (Wildman–Crippen MR) is 105 cm³/mol. The van der Waals surface area contributed by atoms with Crippen molar-refractivity contribution in [3.8, 4) is 16.9 Å². The van der Waals surface area contributed by atoms with Gasteiger partial charge in [-0.1, -0.05) is 30.3 Å². The fourth-order valence-corrected chi connectivity index (χ4v) is 3.17. The van der Waals surface area contributed by atoms with Crippen molar-refractivity contribution < 1.29 is 9.53 Å². The van der Waals surface area contributed by atoms with Crippen LogP contribution in [0, 0.1) is 5.92 Å². The molecule has 0 aliphatic carbocycles. The smallest absolute Gasteiger partial charge is 0.224 e. The van der Waals surface area contributed by atoms with Crippen molar-refractivity contribution >= 4 is 24.0 Å². The summed E-state index contributed by atoms with van der Waals surface area (Å²) in [4.78, 5) is 12.2. The van der Waals surface area contributed by atoms with Crippen LogP contribution in [0.15, 0.2) is 48.5 Å². The zero-order valence-corrected chi connectivity index (χ0v) is 15.3. The molecule has 0 radical (unpaired) electrons. The summed E-state index contributed by atoms with van der Waals surface area (Å²) < 4.78 is 5.42. The third-order valence-corrected chi connectivity index (χ3v) is 4.51. The molecule has 1 fully saturated rings. The highest BCUT2D eigenvalue weighted by Gasteiger charge is 2.15. The second kappa shape index (κ2) is 9.44. The number of carbonyl (C=O) groups excluding carboxylic acids is 1. The number of anilines is 1. The molecule has 1 heterocycles. The molecule has 0 aromatic heterocycles. The summed E-state index contributed by atoms with van der Waals surface area (Å²) in [7, 11) is 1.67.